The minimum Gasteiger partial charge on any atom is -0.404 e. The van der Waals surface area contributed by atoms with Crippen LogP contribution < -0.4 is 26.8 Å². The molecular formula is C40H48BF3N6O6. The fraction of sp³-hybridized carbons (Fsp3) is 0.525. The van der Waals surface area contributed by atoms with Gasteiger partial charge < -0.3 is 30.6 Å². The van der Waals surface area contributed by atoms with Crippen LogP contribution in [0.15, 0.2) is 59.5 Å². The van der Waals surface area contributed by atoms with Gasteiger partial charge in [0.1, 0.15) is 17.6 Å². The van der Waals surface area contributed by atoms with Gasteiger partial charge in [-0.25, -0.2) is 4.98 Å². The number of alkyl halides is 3. The van der Waals surface area contributed by atoms with Crippen molar-refractivity contribution in [2.24, 2.45) is 17.3 Å². The Bertz CT molecular complexity index is 2110. The van der Waals surface area contributed by atoms with Gasteiger partial charge in [-0.05, 0) is 79.7 Å². The molecule has 298 valence electrons. The second-order valence-electron chi connectivity index (χ2n) is 16.7. The lowest BCUT2D eigenvalue weighted by Crippen LogP contribution is -2.65. The molecule has 3 saturated carbocycles. The molecule has 5 aliphatic rings. The smallest absolute Gasteiger partial charge is 0.404 e. The van der Waals surface area contributed by atoms with Gasteiger partial charge >= 0.3 is 13.3 Å². The zero-order chi connectivity index (χ0) is 40.4. The number of rotatable bonds is 11. The minimum absolute atomic E-state index is 0.0229. The highest BCUT2D eigenvalue weighted by Crippen LogP contribution is 2.65. The number of amides is 3. The van der Waals surface area contributed by atoms with E-state index in [0.29, 0.717) is 23.9 Å². The Morgan fingerprint density at radius 1 is 1.05 bits per heavy atom. The van der Waals surface area contributed by atoms with Crippen molar-refractivity contribution in [2.45, 2.75) is 109 Å². The summed E-state index contributed by atoms with van der Waals surface area (Å²) in [6.07, 6.45) is -1.09. The van der Waals surface area contributed by atoms with Gasteiger partial charge in [-0.3, -0.25) is 23.7 Å². The summed E-state index contributed by atoms with van der Waals surface area (Å²) in [6, 6.07) is 10.2. The molecule has 3 aliphatic carbocycles. The average molecular weight is 777 g/mol. The molecule has 7 atom stereocenters. The highest BCUT2D eigenvalue weighted by atomic mass is 19.4. The monoisotopic (exact) mass is 776 g/mol. The summed E-state index contributed by atoms with van der Waals surface area (Å²) >= 11 is 0. The number of carbonyl (C=O) groups excluding carboxylic acids is 3. The van der Waals surface area contributed by atoms with Gasteiger partial charge in [-0.1, -0.05) is 52.0 Å². The SMILES string of the molecule is CC[C@H](NC(=O)[C@@H]1C[C@@](C)(CC(=O)Nc2ccccc2C(=O)NC)c2ncc(NCc3cccc(C(F)(F)F)c3)c(=O)n21)B1O[C@@H]2C[C@@H]3C[C@@H](C3(C)C)[C@]2(C)O1. The molecule has 0 unspecified atom stereocenters. The van der Waals surface area contributed by atoms with Gasteiger partial charge in [0.15, 0.2) is 0 Å². The molecule has 8 rings (SSSR count). The van der Waals surface area contributed by atoms with E-state index in [2.05, 4.69) is 47.0 Å². The molecule has 4 fully saturated rings. The van der Waals surface area contributed by atoms with Crippen molar-refractivity contribution < 1.29 is 36.9 Å². The number of anilines is 2. The second-order valence-corrected chi connectivity index (χ2v) is 16.7. The number of halogens is 3. The van der Waals surface area contributed by atoms with E-state index in [4.69, 9.17) is 9.31 Å². The molecule has 0 radical (unpaired) electrons. The zero-order valence-corrected chi connectivity index (χ0v) is 32.4. The first-order valence-electron chi connectivity index (χ1n) is 19.2. The topological polar surface area (TPSA) is 153 Å². The summed E-state index contributed by atoms with van der Waals surface area (Å²) in [5.74, 6) is -0.819. The van der Waals surface area contributed by atoms with E-state index in [-0.39, 0.29) is 59.5 Å². The number of fused-ring (bicyclic) bond motifs is 1. The van der Waals surface area contributed by atoms with Crippen LogP contribution in [0.1, 0.15) is 100 Å². The van der Waals surface area contributed by atoms with E-state index in [1.54, 1.807) is 31.2 Å². The van der Waals surface area contributed by atoms with Crippen molar-refractivity contribution in [3.63, 3.8) is 0 Å². The van der Waals surface area contributed by atoms with Crippen molar-refractivity contribution in [1.29, 1.82) is 0 Å². The Hall–Kier alpha value is -4.70. The molecular weight excluding hydrogens is 728 g/mol. The summed E-state index contributed by atoms with van der Waals surface area (Å²) in [6.45, 7) is 10.2. The van der Waals surface area contributed by atoms with Crippen LogP contribution in [-0.4, -0.2) is 59.1 Å². The van der Waals surface area contributed by atoms with Crippen LogP contribution in [-0.2, 0) is 37.0 Å². The van der Waals surface area contributed by atoms with Gasteiger partial charge in [-0.15, -0.1) is 0 Å². The van der Waals surface area contributed by atoms with Crippen molar-refractivity contribution in [2.75, 3.05) is 17.7 Å². The van der Waals surface area contributed by atoms with E-state index in [0.717, 1.165) is 25.0 Å². The standard InChI is InChI=1S/C40H48BF3N6O6/c1-7-31(41-55-30-17-24-16-29(37(24,2)3)39(30,5)56-41)49-34(53)28-18-38(4,19-32(51)48-26-14-9-8-13-25(26)33(52)45-6)36-47-21-27(35(54)50(28)36)46-20-22-11-10-12-23(15-22)40(42,43)44/h8-15,21,24,28-31,46H,7,16-20H2,1-6H3,(H,45,52)(H,48,51)(H,49,53)/t24-,28-,29-,30+,31-,38-,39-/m0/s1. The van der Waals surface area contributed by atoms with Crippen LogP contribution in [0.3, 0.4) is 0 Å². The molecule has 3 heterocycles. The molecule has 3 amide bonds. The van der Waals surface area contributed by atoms with E-state index in [9.17, 15) is 32.3 Å². The fourth-order valence-electron chi connectivity index (χ4n) is 9.54. The predicted molar refractivity (Wildman–Crippen MR) is 204 cm³/mol. The Kier molecular flexibility index (Phi) is 10.1. The molecule has 2 aliphatic heterocycles. The second kappa shape index (κ2) is 14.4. The van der Waals surface area contributed by atoms with Gasteiger partial charge in [0, 0.05) is 25.4 Å². The molecule has 0 spiro atoms. The highest BCUT2D eigenvalue weighted by molar-refractivity contribution is 6.47. The molecule has 16 heteroatoms. The van der Waals surface area contributed by atoms with Crippen molar-refractivity contribution >= 4 is 36.2 Å². The number of carbonyl (C=O) groups is 3. The maximum Gasteiger partial charge on any atom is 0.481 e. The van der Waals surface area contributed by atoms with E-state index in [1.165, 1.54) is 29.9 Å². The number of benzene rings is 2. The van der Waals surface area contributed by atoms with Gasteiger partial charge in [0.05, 0.1) is 40.7 Å². The summed E-state index contributed by atoms with van der Waals surface area (Å²) in [5.41, 5.74) is -2.10. The summed E-state index contributed by atoms with van der Waals surface area (Å²) in [4.78, 5) is 59.5. The van der Waals surface area contributed by atoms with Crippen LogP contribution >= 0.6 is 0 Å². The van der Waals surface area contributed by atoms with Gasteiger partial charge in [0.2, 0.25) is 11.8 Å². The molecule has 2 aromatic carbocycles. The predicted octanol–water partition coefficient (Wildman–Crippen LogP) is 5.63. The Balaban J connectivity index is 1.16. The largest absolute Gasteiger partial charge is 0.481 e. The minimum atomic E-state index is -4.54. The first kappa shape index (κ1) is 39.5. The normalized spacial score (nSPS) is 27.7. The molecule has 1 saturated heterocycles. The molecule has 3 aromatic rings. The van der Waals surface area contributed by atoms with Gasteiger partial charge in [-0.2, -0.15) is 13.2 Å². The Morgan fingerprint density at radius 3 is 2.50 bits per heavy atom. The number of hydrogen-bond donors (Lipinski definition) is 4. The van der Waals surface area contributed by atoms with E-state index < -0.39 is 59.2 Å². The van der Waals surface area contributed by atoms with Crippen LogP contribution in [0.25, 0.3) is 0 Å². The van der Waals surface area contributed by atoms with Crippen LogP contribution in [0.5, 0.6) is 0 Å². The Morgan fingerprint density at radius 2 is 1.80 bits per heavy atom. The lowest BCUT2D eigenvalue weighted by molar-refractivity contribution is -0.199. The van der Waals surface area contributed by atoms with Gasteiger partial charge in [0.25, 0.3) is 11.5 Å². The first-order valence-corrected chi connectivity index (χ1v) is 19.2. The molecule has 2 bridgehead atoms. The fourth-order valence-corrected chi connectivity index (χ4v) is 9.54. The van der Waals surface area contributed by atoms with E-state index in [1.807, 2.05) is 6.92 Å². The van der Waals surface area contributed by atoms with E-state index >= 15 is 0 Å². The summed E-state index contributed by atoms with van der Waals surface area (Å²) in [5, 5.41) is 11.4. The van der Waals surface area contributed by atoms with Crippen LogP contribution in [0, 0.1) is 17.3 Å². The third-order valence-corrected chi connectivity index (χ3v) is 12.8. The third-order valence-electron chi connectivity index (χ3n) is 12.8. The maximum atomic E-state index is 14.4. The first-order chi connectivity index (χ1) is 26.4. The number of aromatic nitrogens is 2. The molecule has 4 N–H and O–H groups in total. The number of hydrogen-bond acceptors (Lipinski definition) is 8. The lowest BCUT2D eigenvalue weighted by Gasteiger charge is -2.64. The third kappa shape index (κ3) is 6.88. The maximum absolute atomic E-state index is 14.4. The van der Waals surface area contributed by atoms with Crippen molar-refractivity contribution in [3.8, 4) is 0 Å². The lowest BCUT2D eigenvalue weighted by atomic mass is 9.43. The molecule has 56 heavy (non-hydrogen) atoms. The quantitative estimate of drug-likeness (QED) is 0.183. The number of nitrogens with zero attached hydrogens (tertiary/aromatic N) is 2. The highest BCUT2D eigenvalue weighted by Gasteiger charge is 2.68. The van der Waals surface area contributed by atoms with Crippen LogP contribution in [0.2, 0.25) is 0 Å². The average Bonchev–Trinajstić information content (AvgIpc) is 3.67. The van der Waals surface area contributed by atoms with Crippen molar-refractivity contribution in [1.82, 2.24) is 20.2 Å². The summed E-state index contributed by atoms with van der Waals surface area (Å²) in [7, 11) is 0.780. The molecule has 12 nitrogen and oxygen atoms in total. The van der Waals surface area contributed by atoms with Crippen molar-refractivity contribution in [3.05, 3.63) is 87.6 Å². The van der Waals surface area contributed by atoms with Crippen LogP contribution in [0.4, 0.5) is 24.5 Å². The molecule has 1 aromatic heterocycles. The Labute approximate surface area is 323 Å². The number of nitrogens with one attached hydrogen (secondary N) is 4. The number of para-hydroxylation sites is 1. The summed E-state index contributed by atoms with van der Waals surface area (Å²) < 4.78 is 54.6. The zero-order valence-electron chi connectivity index (χ0n) is 32.4.